The second-order valence-corrected chi connectivity index (χ2v) is 10.9. The lowest BCUT2D eigenvalue weighted by molar-refractivity contribution is -0.202. The molecule has 2 atom stereocenters. The monoisotopic (exact) mass is 626 g/mol. The number of carbonyl (C=O) groups is 3. The maximum absolute atomic E-state index is 13.3. The molecule has 0 saturated heterocycles. The van der Waals surface area contributed by atoms with Gasteiger partial charge in [0.15, 0.2) is 5.11 Å². The highest BCUT2D eigenvalue weighted by molar-refractivity contribution is 7.89. The Bertz CT molecular complexity index is 1600. The fourth-order valence-electron chi connectivity index (χ4n) is 3.77. The van der Waals surface area contributed by atoms with Gasteiger partial charge in [-0.05, 0) is 42.2 Å². The van der Waals surface area contributed by atoms with Gasteiger partial charge >= 0.3 is 18.1 Å². The van der Waals surface area contributed by atoms with Crippen LogP contribution in [0.4, 0.5) is 18.9 Å². The molecule has 1 aromatic heterocycles. The van der Waals surface area contributed by atoms with Crippen LogP contribution in [0.25, 0.3) is 10.8 Å². The number of ether oxygens (including phenoxy) is 2. The highest BCUT2D eigenvalue weighted by Crippen LogP contribution is 2.30. The highest BCUT2D eigenvalue weighted by Gasteiger charge is 2.42. The zero-order chi connectivity index (χ0) is 31.1. The van der Waals surface area contributed by atoms with Gasteiger partial charge in [-0.3, -0.25) is 9.78 Å². The van der Waals surface area contributed by atoms with E-state index in [0.29, 0.717) is 12.1 Å². The molecule has 0 amide bonds. The number of hydrogen-bond acceptors (Lipinski definition) is 9. The number of aromatic nitrogens is 1. The Morgan fingerprint density at radius 3 is 2.52 bits per heavy atom. The molecule has 3 rings (SSSR count). The van der Waals surface area contributed by atoms with Gasteiger partial charge in [-0.15, -0.1) is 0 Å². The van der Waals surface area contributed by atoms with Gasteiger partial charge in [-0.1, -0.05) is 24.3 Å². The van der Waals surface area contributed by atoms with Crippen molar-refractivity contribution in [2.75, 3.05) is 12.4 Å². The molecule has 0 bridgehead atoms. The number of carbonyl (C=O) groups excluding carboxylic acids is 3. The van der Waals surface area contributed by atoms with Crippen molar-refractivity contribution in [1.29, 1.82) is 0 Å². The summed E-state index contributed by atoms with van der Waals surface area (Å²) in [6.07, 6.45) is -3.56. The van der Waals surface area contributed by atoms with E-state index in [1.807, 2.05) is 29.0 Å². The van der Waals surface area contributed by atoms with E-state index < -0.39 is 51.6 Å². The van der Waals surface area contributed by atoms with Crippen molar-refractivity contribution < 1.29 is 45.4 Å². The Morgan fingerprint density at radius 2 is 1.86 bits per heavy atom. The van der Waals surface area contributed by atoms with Crippen molar-refractivity contribution in [3.8, 4) is 5.75 Å². The third-order valence-electron chi connectivity index (χ3n) is 5.60. The van der Waals surface area contributed by atoms with Gasteiger partial charge in [0.1, 0.15) is 23.0 Å². The quantitative estimate of drug-likeness (QED) is 0.125. The maximum Gasteiger partial charge on any atom is 0.491 e. The Hall–Kier alpha value is -4.15. The molecule has 2 unspecified atom stereocenters. The summed E-state index contributed by atoms with van der Waals surface area (Å²) in [6, 6.07) is 9.54. The summed E-state index contributed by atoms with van der Waals surface area (Å²) in [7, 11) is -3.05. The average Bonchev–Trinajstić information content (AvgIpc) is 2.92. The molecule has 0 fully saturated rings. The standard InChI is InChI=1S/C26H25F3N4O7S2/c1-15(9-17-13-31-12-16-5-3-4-6-20(16)17)39-21-10-18(32-25(41)30-2)7-8-22(21)42(37,38)33-19(14-34)11-23(35)40-24(36)26(27,28)29/h3-8,10,12-15,19,33H,9,11H2,1-2H3,(H2,30,32,41). The van der Waals surface area contributed by atoms with Crippen molar-refractivity contribution in [2.24, 2.45) is 0 Å². The number of aldehydes is 1. The number of rotatable bonds is 11. The van der Waals surface area contributed by atoms with Crippen LogP contribution in [0.2, 0.25) is 0 Å². The second kappa shape index (κ2) is 13.7. The number of halogens is 3. The number of pyridine rings is 1. The number of sulfonamides is 1. The summed E-state index contributed by atoms with van der Waals surface area (Å²) in [6.45, 7) is 1.70. The number of fused-ring (bicyclic) bond motifs is 1. The molecular weight excluding hydrogens is 601 g/mol. The number of anilines is 1. The number of alkyl halides is 3. The van der Waals surface area contributed by atoms with E-state index in [1.165, 1.54) is 12.1 Å². The summed E-state index contributed by atoms with van der Waals surface area (Å²) in [5, 5.41) is 7.60. The fourth-order valence-corrected chi connectivity index (χ4v) is 5.17. The summed E-state index contributed by atoms with van der Waals surface area (Å²) in [5.41, 5.74) is 1.19. The molecule has 0 saturated carbocycles. The first-order valence-electron chi connectivity index (χ1n) is 12.1. The predicted octanol–water partition coefficient (Wildman–Crippen LogP) is 3.03. The number of nitrogens with one attached hydrogen (secondary N) is 3. The normalized spacial score (nSPS) is 13.1. The Kier molecular flexibility index (Phi) is 10.5. The molecule has 1 heterocycles. The van der Waals surface area contributed by atoms with Gasteiger partial charge in [0.25, 0.3) is 0 Å². The zero-order valence-corrected chi connectivity index (χ0v) is 23.7. The third-order valence-corrected chi connectivity index (χ3v) is 7.44. The van der Waals surface area contributed by atoms with Crippen LogP contribution in [0, 0.1) is 0 Å². The van der Waals surface area contributed by atoms with E-state index in [9.17, 15) is 36.0 Å². The SMILES string of the molecule is CNC(=S)Nc1ccc(S(=O)(=O)NC(C=O)CC(=O)OC(=O)C(F)(F)F)c(OC(C)Cc2cncc3ccccc23)c1. The minimum atomic E-state index is -5.46. The van der Waals surface area contributed by atoms with Crippen molar-refractivity contribution >= 4 is 62.0 Å². The number of hydrogen-bond donors (Lipinski definition) is 3. The van der Waals surface area contributed by atoms with Crippen LogP contribution in [-0.4, -0.2) is 62.1 Å². The molecule has 11 nitrogen and oxygen atoms in total. The molecular formula is C26H25F3N4O7S2. The first-order chi connectivity index (χ1) is 19.7. The van der Waals surface area contributed by atoms with E-state index in [2.05, 4.69) is 20.4 Å². The van der Waals surface area contributed by atoms with E-state index in [-0.39, 0.29) is 17.1 Å². The Balaban J connectivity index is 1.87. The van der Waals surface area contributed by atoms with Gasteiger partial charge < -0.3 is 24.9 Å². The molecule has 224 valence electrons. The van der Waals surface area contributed by atoms with Gasteiger partial charge in [0.2, 0.25) is 10.0 Å². The molecule has 0 radical (unpaired) electrons. The topological polar surface area (TPSA) is 153 Å². The Morgan fingerprint density at radius 1 is 1.14 bits per heavy atom. The van der Waals surface area contributed by atoms with Crippen molar-refractivity contribution in [1.82, 2.24) is 15.0 Å². The molecule has 3 N–H and O–H groups in total. The minimum Gasteiger partial charge on any atom is -0.489 e. The van der Waals surface area contributed by atoms with Crippen LogP contribution in [0.5, 0.6) is 5.75 Å². The van der Waals surface area contributed by atoms with Gasteiger partial charge in [-0.2, -0.15) is 13.2 Å². The summed E-state index contributed by atoms with van der Waals surface area (Å²) in [4.78, 5) is 37.9. The van der Waals surface area contributed by atoms with E-state index >= 15 is 0 Å². The van der Waals surface area contributed by atoms with E-state index in [4.69, 9.17) is 17.0 Å². The van der Waals surface area contributed by atoms with Crippen LogP contribution >= 0.6 is 12.2 Å². The predicted molar refractivity (Wildman–Crippen MR) is 149 cm³/mol. The lowest BCUT2D eigenvalue weighted by atomic mass is 10.0. The van der Waals surface area contributed by atoms with Crippen LogP contribution in [-0.2, 0) is 35.6 Å². The largest absolute Gasteiger partial charge is 0.491 e. The number of esters is 2. The first-order valence-corrected chi connectivity index (χ1v) is 14.0. The van der Waals surface area contributed by atoms with Gasteiger partial charge in [0.05, 0.1) is 12.5 Å². The number of nitrogens with zero attached hydrogens (tertiary/aromatic N) is 1. The smallest absolute Gasteiger partial charge is 0.489 e. The summed E-state index contributed by atoms with van der Waals surface area (Å²) in [5.74, 6) is -4.72. The van der Waals surface area contributed by atoms with Crippen LogP contribution in [0.3, 0.4) is 0 Å². The summed E-state index contributed by atoms with van der Waals surface area (Å²) >= 11 is 5.09. The molecule has 42 heavy (non-hydrogen) atoms. The minimum absolute atomic E-state index is 0.0190. The molecule has 0 aliphatic carbocycles. The molecule has 16 heteroatoms. The lowest BCUT2D eigenvalue weighted by Crippen LogP contribution is -2.39. The molecule has 3 aromatic rings. The van der Waals surface area contributed by atoms with Crippen LogP contribution in [0.1, 0.15) is 18.9 Å². The molecule has 0 aliphatic rings. The third kappa shape index (κ3) is 8.67. The van der Waals surface area contributed by atoms with Crippen molar-refractivity contribution in [3.63, 3.8) is 0 Å². The van der Waals surface area contributed by atoms with E-state index in [0.717, 1.165) is 22.4 Å². The molecule has 2 aromatic carbocycles. The number of thiocarbonyl (C=S) groups is 1. The lowest BCUT2D eigenvalue weighted by Gasteiger charge is -2.20. The first kappa shape index (κ1) is 32.4. The zero-order valence-electron chi connectivity index (χ0n) is 22.1. The van der Waals surface area contributed by atoms with Crippen molar-refractivity contribution in [2.45, 2.75) is 43.0 Å². The average molecular weight is 627 g/mol. The van der Waals surface area contributed by atoms with Crippen LogP contribution in [0.15, 0.2) is 59.8 Å². The van der Waals surface area contributed by atoms with Gasteiger partial charge in [0, 0.05) is 43.0 Å². The van der Waals surface area contributed by atoms with Gasteiger partial charge in [-0.25, -0.2) is 17.9 Å². The van der Waals surface area contributed by atoms with Crippen LogP contribution < -0.4 is 20.1 Å². The fraction of sp³-hybridized carbons (Fsp3) is 0.269. The highest BCUT2D eigenvalue weighted by atomic mass is 32.2. The Labute approximate surface area is 243 Å². The second-order valence-electron chi connectivity index (χ2n) is 8.85. The number of benzene rings is 2. The summed E-state index contributed by atoms with van der Waals surface area (Å²) < 4.78 is 75.3. The molecule has 0 spiro atoms. The molecule has 0 aliphatic heterocycles. The maximum atomic E-state index is 13.3. The van der Waals surface area contributed by atoms with Crippen molar-refractivity contribution in [3.05, 3.63) is 60.4 Å². The van der Waals surface area contributed by atoms with E-state index in [1.54, 1.807) is 26.4 Å².